The number of hydrogen-bond donors (Lipinski definition) is 0. The molecule has 0 saturated heterocycles. The predicted molar refractivity (Wildman–Crippen MR) is 76.5 cm³/mol. The number of aromatic nitrogens is 1. The van der Waals surface area contributed by atoms with Crippen LogP contribution in [0.1, 0.15) is 15.9 Å². The van der Waals surface area contributed by atoms with Crippen molar-refractivity contribution in [1.82, 2.24) is 4.98 Å². The first-order chi connectivity index (χ1) is 9.97. The van der Waals surface area contributed by atoms with E-state index in [0.29, 0.717) is 10.7 Å². The van der Waals surface area contributed by atoms with Gasteiger partial charge in [-0.05, 0) is 12.1 Å². The Kier molecular flexibility index (Phi) is 4.72. The van der Waals surface area contributed by atoms with E-state index in [1.54, 1.807) is 12.1 Å². The number of pyridine rings is 1. The molecule has 0 N–H and O–H groups in total. The monoisotopic (exact) mass is 326 g/mol. The number of esters is 1. The lowest BCUT2D eigenvalue weighted by molar-refractivity contribution is -0.384. The van der Waals surface area contributed by atoms with Crippen LogP contribution in [0.4, 0.5) is 5.69 Å². The number of carbonyl (C=O) groups excluding carboxylic acids is 1. The fourth-order valence-corrected chi connectivity index (χ4v) is 1.87. The number of nitrogens with zero attached hydrogens (tertiary/aromatic N) is 2. The van der Waals surface area contributed by atoms with Gasteiger partial charge in [-0.2, -0.15) is 0 Å². The average Bonchev–Trinajstić information content (AvgIpc) is 2.46. The van der Waals surface area contributed by atoms with Gasteiger partial charge in [-0.25, -0.2) is 9.78 Å². The van der Waals surface area contributed by atoms with Crippen LogP contribution < -0.4 is 0 Å². The summed E-state index contributed by atoms with van der Waals surface area (Å²) in [6.07, 6.45) is 1.48. The summed E-state index contributed by atoms with van der Waals surface area (Å²) in [5, 5.41) is 10.9. The van der Waals surface area contributed by atoms with Gasteiger partial charge in [0.25, 0.3) is 5.69 Å². The first kappa shape index (κ1) is 15.2. The van der Waals surface area contributed by atoms with E-state index >= 15 is 0 Å². The van der Waals surface area contributed by atoms with Crippen molar-refractivity contribution < 1.29 is 14.5 Å². The molecular formula is C13H8Cl2N2O4. The van der Waals surface area contributed by atoms with Crippen LogP contribution in [-0.4, -0.2) is 15.9 Å². The lowest BCUT2D eigenvalue weighted by atomic mass is 10.2. The molecule has 8 heteroatoms. The minimum atomic E-state index is -0.676. The Morgan fingerprint density at radius 2 is 2.05 bits per heavy atom. The number of nitro benzene ring substituents is 1. The molecule has 0 aliphatic heterocycles. The summed E-state index contributed by atoms with van der Waals surface area (Å²) in [6.45, 7) is -0.00365. The lowest BCUT2D eigenvalue weighted by Crippen LogP contribution is -2.06. The van der Waals surface area contributed by atoms with Crippen LogP contribution in [0.5, 0.6) is 0 Å². The summed E-state index contributed by atoms with van der Waals surface area (Å²) in [4.78, 5) is 25.7. The highest BCUT2D eigenvalue weighted by Crippen LogP contribution is 2.23. The van der Waals surface area contributed by atoms with E-state index in [2.05, 4.69) is 4.98 Å². The highest BCUT2D eigenvalue weighted by atomic mass is 35.5. The van der Waals surface area contributed by atoms with Crippen molar-refractivity contribution in [2.24, 2.45) is 0 Å². The molecule has 0 fully saturated rings. The number of hydrogen-bond acceptors (Lipinski definition) is 5. The van der Waals surface area contributed by atoms with Crippen LogP contribution in [-0.2, 0) is 11.3 Å². The van der Waals surface area contributed by atoms with Crippen molar-refractivity contribution in [1.29, 1.82) is 0 Å². The topological polar surface area (TPSA) is 82.3 Å². The molecule has 0 radical (unpaired) electrons. The van der Waals surface area contributed by atoms with E-state index in [-0.39, 0.29) is 22.9 Å². The molecule has 1 heterocycles. The number of carbonyl (C=O) groups is 1. The maximum absolute atomic E-state index is 11.9. The summed E-state index contributed by atoms with van der Waals surface area (Å²) >= 11 is 11.5. The zero-order valence-corrected chi connectivity index (χ0v) is 12.0. The van der Waals surface area contributed by atoms with Gasteiger partial charge in [0, 0.05) is 23.9 Å². The number of rotatable bonds is 4. The maximum atomic E-state index is 11.9. The molecule has 21 heavy (non-hydrogen) atoms. The minimum Gasteiger partial charge on any atom is -0.457 e. The van der Waals surface area contributed by atoms with Crippen molar-refractivity contribution in [2.75, 3.05) is 0 Å². The van der Waals surface area contributed by atoms with Gasteiger partial charge in [0.05, 0.1) is 15.5 Å². The van der Waals surface area contributed by atoms with Crippen LogP contribution in [0.2, 0.25) is 10.2 Å². The quantitative estimate of drug-likeness (QED) is 0.370. The first-order valence-corrected chi connectivity index (χ1v) is 6.44. The van der Waals surface area contributed by atoms with Gasteiger partial charge >= 0.3 is 5.97 Å². The molecule has 1 aromatic carbocycles. The van der Waals surface area contributed by atoms with E-state index in [9.17, 15) is 14.9 Å². The number of halogens is 2. The fraction of sp³-hybridized carbons (Fsp3) is 0.0769. The van der Waals surface area contributed by atoms with E-state index in [1.165, 1.54) is 18.3 Å². The van der Waals surface area contributed by atoms with E-state index < -0.39 is 10.9 Å². The van der Waals surface area contributed by atoms with Crippen LogP contribution in [0.3, 0.4) is 0 Å². The summed E-state index contributed by atoms with van der Waals surface area (Å²) < 4.78 is 5.06. The van der Waals surface area contributed by atoms with Crippen molar-refractivity contribution in [3.63, 3.8) is 0 Å². The highest BCUT2D eigenvalue weighted by molar-refractivity contribution is 6.33. The normalized spacial score (nSPS) is 10.2. The van der Waals surface area contributed by atoms with Gasteiger partial charge in [0.2, 0.25) is 0 Å². The number of benzene rings is 1. The number of nitro groups is 1. The Bertz CT molecular complexity index is 689. The van der Waals surface area contributed by atoms with E-state index in [0.717, 1.165) is 6.07 Å². The van der Waals surface area contributed by atoms with Crippen molar-refractivity contribution in [3.8, 4) is 0 Å². The maximum Gasteiger partial charge on any atom is 0.339 e. The molecule has 0 saturated carbocycles. The third kappa shape index (κ3) is 3.90. The van der Waals surface area contributed by atoms with Gasteiger partial charge in [0.15, 0.2) is 0 Å². The molecule has 0 unspecified atom stereocenters. The van der Waals surface area contributed by atoms with Gasteiger partial charge < -0.3 is 4.74 Å². The van der Waals surface area contributed by atoms with Crippen LogP contribution >= 0.6 is 23.2 Å². The largest absolute Gasteiger partial charge is 0.457 e. The highest BCUT2D eigenvalue weighted by Gasteiger charge is 2.16. The summed E-state index contributed by atoms with van der Waals surface area (Å²) in [5.74, 6) is -0.676. The molecule has 1 aromatic heterocycles. The zero-order valence-electron chi connectivity index (χ0n) is 10.5. The molecule has 0 atom stereocenters. The smallest absolute Gasteiger partial charge is 0.339 e. The number of ether oxygens (including phenoxy) is 1. The standard InChI is InChI=1S/C13H8Cl2N2O4/c14-11-5-9(17(19)20)2-3-10(11)13(18)21-7-8-1-4-12(15)16-6-8/h1-6H,7H2. The molecule has 2 rings (SSSR count). The van der Waals surface area contributed by atoms with Gasteiger partial charge in [-0.3, -0.25) is 10.1 Å². The molecular weight excluding hydrogens is 319 g/mol. The summed E-state index contributed by atoms with van der Waals surface area (Å²) in [5.41, 5.74) is 0.522. The average molecular weight is 327 g/mol. The first-order valence-electron chi connectivity index (χ1n) is 5.69. The Hall–Kier alpha value is -2.18. The molecule has 6 nitrogen and oxygen atoms in total. The predicted octanol–water partition coefficient (Wildman–Crippen LogP) is 3.65. The second-order valence-corrected chi connectivity index (χ2v) is 4.78. The Morgan fingerprint density at radius 1 is 1.29 bits per heavy atom. The second kappa shape index (κ2) is 6.51. The van der Waals surface area contributed by atoms with Crippen molar-refractivity contribution in [2.45, 2.75) is 6.61 Å². The van der Waals surface area contributed by atoms with Crippen molar-refractivity contribution in [3.05, 3.63) is 67.9 Å². The molecule has 0 aliphatic carbocycles. The third-order valence-electron chi connectivity index (χ3n) is 2.54. The molecule has 0 bridgehead atoms. The van der Waals surface area contributed by atoms with E-state index in [1.807, 2.05) is 0 Å². The second-order valence-electron chi connectivity index (χ2n) is 3.99. The summed E-state index contributed by atoms with van der Waals surface area (Å²) in [7, 11) is 0. The third-order valence-corrected chi connectivity index (χ3v) is 3.08. The van der Waals surface area contributed by atoms with Gasteiger partial charge in [-0.15, -0.1) is 0 Å². The minimum absolute atomic E-state index is 0.00365. The van der Waals surface area contributed by atoms with E-state index in [4.69, 9.17) is 27.9 Å². The SMILES string of the molecule is O=C(OCc1ccc(Cl)nc1)c1ccc([N+](=O)[O-])cc1Cl. The molecule has 108 valence electrons. The molecule has 0 aliphatic rings. The Labute approximate surface area is 129 Å². The van der Waals surface area contributed by atoms with Crippen LogP contribution in [0.15, 0.2) is 36.5 Å². The molecule has 0 spiro atoms. The van der Waals surface area contributed by atoms with Gasteiger partial charge in [0.1, 0.15) is 11.8 Å². The van der Waals surface area contributed by atoms with Crippen molar-refractivity contribution >= 4 is 34.9 Å². The molecule has 0 amide bonds. The molecule has 2 aromatic rings. The zero-order chi connectivity index (χ0) is 15.4. The Morgan fingerprint density at radius 3 is 2.62 bits per heavy atom. The fourth-order valence-electron chi connectivity index (χ4n) is 1.50. The van der Waals surface area contributed by atoms with Crippen LogP contribution in [0.25, 0.3) is 0 Å². The van der Waals surface area contributed by atoms with Crippen LogP contribution in [0, 0.1) is 10.1 Å². The lowest BCUT2D eigenvalue weighted by Gasteiger charge is -2.06. The number of non-ortho nitro benzene ring substituents is 1. The van der Waals surface area contributed by atoms with Gasteiger partial charge in [-0.1, -0.05) is 29.3 Å². The Balaban J connectivity index is 2.06. The summed E-state index contributed by atoms with van der Waals surface area (Å²) in [6, 6.07) is 6.78.